The molecule has 0 amide bonds. The van der Waals surface area contributed by atoms with Crippen molar-refractivity contribution >= 4 is 24.6 Å². The number of aromatic nitrogens is 4. The number of imidazole rings is 1. The predicted molar refractivity (Wildman–Crippen MR) is 189 cm³/mol. The third-order valence-electron chi connectivity index (χ3n) is 9.18. The van der Waals surface area contributed by atoms with Crippen LogP contribution in [-0.4, -0.2) is 107 Å². The molecule has 0 aliphatic carbocycles. The third kappa shape index (κ3) is 14.3. The zero-order valence-electron chi connectivity index (χ0n) is 29.8. The number of unbranched alkanes of at least 4 members (excludes halogenated alkanes) is 15. The van der Waals surface area contributed by atoms with E-state index < -0.39 is 51.1 Å². The molecule has 5 atom stereocenters. The van der Waals surface area contributed by atoms with E-state index in [0.29, 0.717) is 25.5 Å². The summed E-state index contributed by atoms with van der Waals surface area (Å²) < 4.78 is 29.5. The second-order valence-corrected chi connectivity index (χ2v) is 15.0. The Balaban J connectivity index is 1.44. The van der Waals surface area contributed by atoms with E-state index >= 15 is 0 Å². The summed E-state index contributed by atoms with van der Waals surface area (Å²) in [7, 11) is -4.41. The fraction of sp³-hybridized carbons (Fsp3) is 0.853. The van der Waals surface area contributed by atoms with E-state index in [-0.39, 0.29) is 36.0 Å². The van der Waals surface area contributed by atoms with Gasteiger partial charge >= 0.3 is 7.60 Å². The van der Waals surface area contributed by atoms with Gasteiger partial charge in [-0.15, -0.1) is 0 Å². The Bertz CT molecular complexity index is 1280. The minimum Gasteiger partial charge on any atom is -0.394 e. The van der Waals surface area contributed by atoms with Crippen molar-refractivity contribution in [1.29, 1.82) is 0 Å². The number of hydrogen-bond acceptors (Lipinski definition) is 12. The molecule has 1 aliphatic heterocycles. The second-order valence-electron chi connectivity index (χ2n) is 13.4. The lowest BCUT2D eigenvalue weighted by atomic mass is 9.94. The van der Waals surface area contributed by atoms with Gasteiger partial charge in [-0.25, -0.2) is 15.0 Å². The minimum absolute atomic E-state index is 0.0213. The lowest BCUT2D eigenvalue weighted by molar-refractivity contribution is -0.234. The molecule has 2 aromatic rings. The molecule has 0 radical (unpaired) electrons. The molecule has 0 aromatic carbocycles. The highest BCUT2D eigenvalue weighted by Crippen LogP contribution is 2.35. The van der Waals surface area contributed by atoms with Gasteiger partial charge in [0, 0.05) is 19.6 Å². The van der Waals surface area contributed by atoms with Gasteiger partial charge in [0.2, 0.25) is 0 Å². The SMILES string of the molecule is CCCCCCCCCCCCCCCCCCOCCc1nc(N)c2nc(C3O[C@H](CO)[C@H](O)[C@H](O)[C@H]3O)n(CCOCP(=O)(O)O)c2n1. The number of rotatable bonds is 27. The Morgan fingerprint density at radius 2 is 1.34 bits per heavy atom. The van der Waals surface area contributed by atoms with Crippen molar-refractivity contribution in [2.45, 2.75) is 153 Å². The first kappa shape index (κ1) is 42.6. The van der Waals surface area contributed by atoms with E-state index in [1.165, 1.54) is 94.5 Å². The van der Waals surface area contributed by atoms with Crippen molar-refractivity contribution in [2.24, 2.45) is 0 Å². The minimum atomic E-state index is -4.41. The number of hydrogen-bond donors (Lipinski definition) is 7. The number of nitrogens with zero attached hydrogens (tertiary/aromatic N) is 4. The lowest BCUT2D eigenvalue weighted by Crippen LogP contribution is -2.55. The fourth-order valence-corrected chi connectivity index (χ4v) is 6.67. The molecule has 288 valence electrons. The van der Waals surface area contributed by atoms with Gasteiger partial charge in [-0.2, -0.15) is 0 Å². The molecule has 3 rings (SSSR count). The van der Waals surface area contributed by atoms with E-state index in [4.69, 9.17) is 29.7 Å². The molecule has 16 heteroatoms. The van der Waals surface area contributed by atoms with Crippen LogP contribution in [0.4, 0.5) is 5.82 Å². The average Bonchev–Trinajstić information content (AvgIpc) is 3.45. The summed E-state index contributed by atoms with van der Waals surface area (Å²) in [5, 5.41) is 41.1. The first-order valence-electron chi connectivity index (χ1n) is 18.6. The Morgan fingerprint density at radius 3 is 1.90 bits per heavy atom. The van der Waals surface area contributed by atoms with E-state index in [1.54, 1.807) is 0 Å². The smallest absolute Gasteiger partial charge is 0.350 e. The summed E-state index contributed by atoms with van der Waals surface area (Å²) in [6, 6.07) is 0. The van der Waals surface area contributed by atoms with E-state index in [2.05, 4.69) is 21.9 Å². The zero-order chi connectivity index (χ0) is 36.4. The van der Waals surface area contributed by atoms with Gasteiger partial charge in [0.25, 0.3) is 0 Å². The summed E-state index contributed by atoms with van der Waals surface area (Å²) >= 11 is 0. The maximum absolute atomic E-state index is 11.3. The van der Waals surface area contributed by atoms with Crippen LogP contribution < -0.4 is 5.73 Å². The molecular weight excluding hydrogens is 669 g/mol. The van der Waals surface area contributed by atoms with Gasteiger partial charge in [-0.05, 0) is 6.42 Å². The molecule has 0 bridgehead atoms. The summed E-state index contributed by atoms with van der Waals surface area (Å²) in [5.74, 6) is 0.512. The van der Waals surface area contributed by atoms with Crippen LogP contribution in [0.1, 0.15) is 127 Å². The van der Waals surface area contributed by atoms with Crippen LogP contribution in [-0.2, 0) is 31.7 Å². The van der Waals surface area contributed by atoms with Gasteiger partial charge in [0.05, 0.1) is 19.8 Å². The summed E-state index contributed by atoms with van der Waals surface area (Å²) in [6.45, 7) is 2.46. The van der Waals surface area contributed by atoms with Crippen LogP contribution in [0.15, 0.2) is 0 Å². The van der Waals surface area contributed by atoms with Crippen molar-refractivity contribution in [2.75, 3.05) is 38.5 Å². The van der Waals surface area contributed by atoms with Crippen LogP contribution in [0.5, 0.6) is 0 Å². The van der Waals surface area contributed by atoms with Crippen LogP contribution in [0, 0.1) is 0 Å². The highest BCUT2D eigenvalue weighted by molar-refractivity contribution is 7.51. The maximum Gasteiger partial charge on any atom is 0.350 e. The largest absolute Gasteiger partial charge is 0.394 e. The number of anilines is 1. The monoisotopic (exact) mass is 731 g/mol. The molecule has 3 heterocycles. The van der Waals surface area contributed by atoms with E-state index in [9.17, 15) is 25.0 Å². The van der Waals surface area contributed by atoms with E-state index in [0.717, 1.165) is 12.8 Å². The van der Waals surface area contributed by atoms with Gasteiger partial charge in [0.1, 0.15) is 48.5 Å². The molecule has 15 nitrogen and oxygen atoms in total. The predicted octanol–water partition coefficient (Wildman–Crippen LogP) is 3.90. The Morgan fingerprint density at radius 1 is 0.760 bits per heavy atom. The van der Waals surface area contributed by atoms with Gasteiger partial charge in [0.15, 0.2) is 17.0 Å². The molecule has 0 spiro atoms. The quantitative estimate of drug-likeness (QED) is 0.0510. The normalized spacial score (nSPS) is 21.4. The van der Waals surface area contributed by atoms with Gasteiger partial charge in [-0.3, -0.25) is 4.57 Å². The molecule has 0 saturated carbocycles. The standard InChI is InChI=1S/C34H62N5O10P/c1-2-3-4-5-6-7-8-9-10-11-12-13-14-15-16-17-20-47-21-18-26-36-32(35)27-33(37-26)39(19-22-48-24-50(44,45)46)34(38-27)31-30(43)29(42)28(41)25(23-40)49-31/h25,28-31,40-43H,2-24H2,1H3,(H2,35,36,37)(H2,44,45,46)/t25-,28+,29+,30-,31?/m1/s1. The second kappa shape index (κ2) is 23.0. The molecular formula is C34H62N5O10P. The van der Waals surface area contributed by atoms with Crippen LogP contribution >= 0.6 is 7.60 Å². The molecule has 8 N–H and O–H groups in total. The highest BCUT2D eigenvalue weighted by Gasteiger charge is 2.46. The number of ether oxygens (including phenoxy) is 3. The first-order valence-corrected chi connectivity index (χ1v) is 20.4. The number of aliphatic hydroxyl groups excluding tert-OH is 4. The van der Waals surface area contributed by atoms with Crippen LogP contribution in [0.25, 0.3) is 11.2 Å². The maximum atomic E-state index is 11.3. The molecule has 1 saturated heterocycles. The molecule has 50 heavy (non-hydrogen) atoms. The highest BCUT2D eigenvalue weighted by atomic mass is 31.2. The number of fused-ring (bicyclic) bond motifs is 1. The first-order chi connectivity index (χ1) is 24.1. The molecule has 1 aliphatic rings. The Labute approximate surface area is 296 Å². The Kier molecular flexibility index (Phi) is 19.6. The van der Waals surface area contributed by atoms with Crippen LogP contribution in [0.2, 0.25) is 0 Å². The average molecular weight is 732 g/mol. The third-order valence-corrected chi connectivity index (χ3v) is 9.69. The zero-order valence-corrected chi connectivity index (χ0v) is 30.7. The van der Waals surface area contributed by atoms with Crippen molar-refractivity contribution in [3.63, 3.8) is 0 Å². The van der Waals surface area contributed by atoms with Gasteiger partial charge in [-0.1, -0.05) is 103 Å². The molecule has 1 fully saturated rings. The van der Waals surface area contributed by atoms with Crippen molar-refractivity contribution in [3.8, 4) is 0 Å². The van der Waals surface area contributed by atoms with Crippen molar-refractivity contribution in [1.82, 2.24) is 19.5 Å². The Hall–Kier alpha value is -1.78. The number of aliphatic hydroxyl groups is 4. The number of nitrogen functional groups attached to an aromatic ring is 1. The lowest BCUT2D eigenvalue weighted by Gasteiger charge is -2.39. The van der Waals surface area contributed by atoms with E-state index in [1.807, 2.05) is 0 Å². The number of nitrogens with two attached hydrogens (primary N) is 1. The van der Waals surface area contributed by atoms with Crippen molar-refractivity contribution in [3.05, 3.63) is 11.6 Å². The van der Waals surface area contributed by atoms with Crippen molar-refractivity contribution < 1.29 is 49.0 Å². The molecule has 1 unspecified atom stereocenters. The molecule has 2 aromatic heterocycles. The fourth-order valence-electron chi connectivity index (χ4n) is 6.31. The topological polar surface area (TPSA) is 236 Å². The van der Waals surface area contributed by atoms with Gasteiger partial charge < -0.3 is 54.7 Å². The van der Waals surface area contributed by atoms with Crippen LogP contribution in [0.3, 0.4) is 0 Å². The summed E-state index contributed by atoms with van der Waals surface area (Å²) in [6.07, 6.45) is 13.2. The summed E-state index contributed by atoms with van der Waals surface area (Å²) in [5.41, 5.74) is 6.70. The summed E-state index contributed by atoms with van der Waals surface area (Å²) in [4.78, 5) is 31.8.